The Balaban J connectivity index is 2.44. The van der Waals surface area contributed by atoms with Crippen molar-refractivity contribution in [1.29, 1.82) is 0 Å². The maximum Gasteiger partial charge on any atom is 0.416 e. The molecule has 0 saturated carbocycles. The molecule has 22 heavy (non-hydrogen) atoms. The van der Waals surface area contributed by atoms with Crippen molar-refractivity contribution in [3.05, 3.63) is 24.4 Å². The summed E-state index contributed by atoms with van der Waals surface area (Å²) in [4.78, 5) is 24.2. The fourth-order valence-corrected chi connectivity index (χ4v) is 2.38. The van der Waals surface area contributed by atoms with Crippen LogP contribution in [0.4, 0.5) is 19.4 Å². The van der Waals surface area contributed by atoms with Crippen LogP contribution in [-0.2, 0) is 4.74 Å². The molecule has 120 valence electrons. The molecule has 1 aliphatic rings. The number of hydrogen-bond donors (Lipinski definition) is 1. The first-order valence-corrected chi connectivity index (χ1v) is 6.54. The van der Waals surface area contributed by atoms with Crippen LogP contribution in [0.15, 0.2) is 18.7 Å². The van der Waals surface area contributed by atoms with Gasteiger partial charge in [-0.25, -0.2) is 23.1 Å². The lowest BCUT2D eigenvalue weighted by molar-refractivity contribution is 0.0599. The zero-order chi connectivity index (χ0) is 16.4. The number of ether oxygens (including phenoxy) is 1. The number of halogens is 2. The van der Waals surface area contributed by atoms with Crippen LogP contribution in [0.25, 0.3) is 0 Å². The van der Waals surface area contributed by atoms with Crippen LogP contribution in [-0.4, -0.2) is 46.0 Å². The van der Waals surface area contributed by atoms with Gasteiger partial charge in [-0.15, -0.1) is 0 Å². The maximum absolute atomic E-state index is 13.2. The van der Waals surface area contributed by atoms with Gasteiger partial charge < -0.3 is 9.84 Å². The highest BCUT2D eigenvalue weighted by Crippen LogP contribution is 2.36. The Bertz CT molecular complexity index is 602. The minimum atomic E-state index is -2.73. The molecule has 1 aliphatic heterocycles. The van der Waals surface area contributed by atoms with Gasteiger partial charge in [0.1, 0.15) is 18.5 Å². The van der Waals surface area contributed by atoms with Gasteiger partial charge in [-0.3, -0.25) is 4.90 Å². The highest BCUT2D eigenvalue weighted by Gasteiger charge is 2.40. The molecule has 0 radical (unpaired) electrons. The molecular weight excluding hydrogens is 300 g/mol. The Morgan fingerprint density at radius 1 is 1.64 bits per heavy atom. The predicted octanol–water partition coefficient (Wildman–Crippen LogP) is 2.31. The number of carbonyl (C=O) groups is 2. The summed E-state index contributed by atoms with van der Waals surface area (Å²) in [6.07, 6.45) is -2.18. The van der Waals surface area contributed by atoms with Crippen molar-refractivity contribution in [1.82, 2.24) is 9.78 Å². The summed E-state index contributed by atoms with van der Waals surface area (Å²) < 4.78 is 32.1. The molecule has 0 fully saturated rings. The minimum absolute atomic E-state index is 0.0180. The van der Waals surface area contributed by atoms with Crippen molar-refractivity contribution in [2.45, 2.75) is 31.9 Å². The van der Waals surface area contributed by atoms with Crippen molar-refractivity contribution in [2.75, 3.05) is 11.5 Å². The Hall–Kier alpha value is -2.45. The van der Waals surface area contributed by atoms with Gasteiger partial charge in [0.05, 0.1) is 0 Å². The van der Waals surface area contributed by atoms with E-state index in [-0.39, 0.29) is 18.8 Å². The first kappa shape index (κ1) is 15.9. The molecule has 0 aliphatic carbocycles. The molecule has 1 N–H and O–H groups in total. The molecule has 1 aromatic heterocycles. The number of alkyl halides is 2. The van der Waals surface area contributed by atoms with Crippen molar-refractivity contribution in [3.63, 3.8) is 0 Å². The van der Waals surface area contributed by atoms with Gasteiger partial charge >= 0.3 is 12.1 Å². The van der Waals surface area contributed by atoms with Crippen LogP contribution in [0.5, 0.6) is 0 Å². The fraction of sp³-hybridized carbons (Fsp3) is 0.462. The van der Waals surface area contributed by atoms with Crippen LogP contribution in [0.2, 0.25) is 0 Å². The highest BCUT2D eigenvalue weighted by molar-refractivity contribution is 5.91. The van der Waals surface area contributed by atoms with Crippen molar-refractivity contribution < 1.29 is 28.2 Å². The number of fused-ring (bicyclic) bond motifs is 1. The molecule has 0 aromatic carbocycles. The molecule has 1 aromatic rings. The number of carboxylic acids is 1. The van der Waals surface area contributed by atoms with Crippen LogP contribution in [0.1, 0.15) is 29.9 Å². The van der Waals surface area contributed by atoms with Gasteiger partial charge in [0.2, 0.25) is 0 Å². The number of amides is 1. The number of aromatic carboxylic acids is 1. The van der Waals surface area contributed by atoms with Gasteiger partial charge in [0, 0.05) is 12.1 Å². The first-order valence-electron chi connectivity index (χ1n) is 6.54. The molecule has 2 rings (SSSR count). The predicted molar refractivity (Wildman–Crippen MR) is 72.3 cm³/mol. The smallest absolute Gasteiger partial charge is 0.416 e. The van der Waals surface area contributed by atoms with Gasteiger partial charge in [0.25, 0.3) is 6.43 Å². The number of rotatable bonds is 4. The molecule has 2 atom stereocenters. The maximum atomic E-state index is 13.2. The van der Waals surface area contributed by atoms with Crippen LogP contribution < -0.4 is 4.90 Å². The Morgan fingerprint density at radius 2 is 2.32 bits per heavy atom. The minimum Gasteiger partial charge on any atom is -0.476 e. The SMILES string of the molecule is C=CCOC(=O)N1c2cc(C(=O)O)nn2C(C(F)F)CC1C. The number of hydrogen-bond acceptors (Lipinski definition) is 4. The third kappa shape index (κ3) is 2.78. The average molecular weight is 315 g/mol. The lowest BCUT2D eigenvalue weighted by atomic mass is 10.1. The summed E-state index contributed by atoms with van der Waals surface area (Å²) in [6.45, 7) is 4.96. The second kappa shape index (κ2) is 6.12. The number of anilines is 1. The molecule has 7 nitrogen and oxygen atoms in total. The number of carboxylic acid groups (broad SMARTS) is 1. The summed E-state index contributed by atoms with van der Waals surface area (Å²) in [5.41, 5.74) is -0.406. The van der Waals surface area contributed by atoms with Gasteiger partial charge in [-0.2, -0.15) is 5.10 Å². The Labute approximate surface area is 124 Å². The third-order valence-corrected chi connectivity index (χ3v) is 3.33. The van der Waals surface area contributed by atoms with E-state index in [4.69, 9.17) is 9.84 Å². The molecule has 2 unspecified atom stereocenters. The molecule has 2 heterocycles. The van der Waals surface area contributed by atoms with E-state index in [1.807, 2.05) is 0 Å². The van der Waals surface area contributed by atoms with Crippen molar-refractivity contribution in [3.8, 4) is 0 Å². The standard InChI is InChI=1S/C13H15F2N3O4/c1-3-4-22-13(21)17-7(2)5-9(11(14)15)18-10(17)6-8(16-18)12(19)20/h3,6-7,9,11H,1,4-5H2,2H3,(H,19,20). The van der Waals surface area contributed by atoms with E-state index in [1.54, 1.807) is 6.92 Å². The van der Waals surface area contributed by atoms with Gasteiger partial charge in [0.15, 0.2) is 5.69 Å². The molecule has 0 bridgehead atoms. The van der Waals surface area contributed by atoms with E-state index in [0.717, 1.165) is 15.6 Å². The van der Waals surface area contributed by atoms with Crippen LogP contribution >= 0.6 is 0 Å². The van der Waals surface area contributed by atoms with Crippen molar-refractivity contribution >= 4 is 17.9 Å². The summed E-state index contributed by atoms with van der Waals surface area (Å²) >= 11 is 0. The molecular formula is C13H15F2N3O4. The Morgan fingerprint density at radius 3 is 2.86 bits per heavy atom. The summed E-state index contributed by atoms with van der Waals surface area (Å²) in [7, 11) is 0. The van der Waals surface area contributed by atoms with E-state index in [0.29, 0.717) is 0 Å². The highest BCUT2D eigenvalue weighted by atomic mass is 19.3. The fourth-order valence-electron chi connectivity index (χ4n) is 2.38. The van der Waals surface area contributed by atoms with E-state index >= 15 is 0 Å². The summed E-state index contributed by atoms with van der Waals surface area (Å²) in [5, 5.41) is 12.6. The van der Waals surface area contributed by atoms with E-state index in [9.17, 15) is 18.4 Å². The number of aromatic nitrogens is 2. The molecule has 0 spiro atoms. The Kier molecular flexibility index (Phi) is 4.43. The van der Waals surface area contributed by atoms with Crippen molar-refractivity contribution in [2.24, 2.45) is 0 Å². The topological polar surface area (TPSA) is 84.7 Å². The summed E-state index contributed by atoms with van der Waals surface area (Å²) in [6, 6.07) is -0.786. The largest absolute Gasteiger partial charge is 0.476 e. The lowest BCUT2D eigenvalue weighted by Crippen LogP contribution is -2.46. The summed E-state index contributed by atoms with van der Waals surface area (Å²) in [5.74, 6) is -1.38. The van der Waals surface area contributed by atoms with Gasteiger partial charge in [-0.1, -0.05) is 12.7 Å². The second-order valence-electron chi connectivity index (χ2n) is 4.86. The first-order chi connectivity index (χ1) is 10.4. The third-order valence-electron chi connectivity index (χ3n) is 3.33. The monoisotopic (exact) mass is 315 g/mol. The molecule has 1 amide bonds. The molecule has 9 heteroatoms. The zero-order valence-corrected chi connectivity index (χ0v) is 11.8. The van der Waals surface area contributed by atoms with E-state index in [2.05, 4.69) is 11.7 Å². The van der Waals surface area contributed by atoms with Crippen LogP contribution in [0.3, 0.4) is 0 Å². The lowest BCUT2D eigenvalue weighted by Gasteiger charge is -2.36. The quantitative estimate of drug-likeness (QED) is 0.862. The van der Waals surface area contributed by atoms with E-state index < -0.39 is 36.3 Å². The normalized spacial score (nSPS) is 20.6. The van der Waals surface area contributed by atoms with E-state index in [1.165, 1.54) is 6.08 Å². The second-order valence-corrected chi connectivity index (χ2v) is 4.86. The average Bonchev–Trinajstić information content (AvgIpc) is 2.88. The number of nitrogens with zero attached hydrogens (tertiary/aromatic N) is 3. The molecule has 0 saturated heterocycles. The van der Waals surface area contributed by atoms with Gasteiger partial charge in [-0.05, 0) is 13.3 Å². The number of carbonyl (C=O) groups excluding carboxylic acids is 1. The van der Waals surface area contributed by atoms with Crippen LogP contribution in [0, 0.1) is 0 Å². The zero-order valence-electron chi connectivity index (χ0n) is 11.8.